The van der Waals surface area contributed by atoms with E-state index < -0.39 is 5.91 Å². The molecule has 0 bridgehead atoms. The number of hydrogen-bond acceptors (Lipinski definition) is 5. The normalized spacial score (nSPS) is 10.3. The number of hydrogen-bond donors (Lipinski definition) is 3. The molecule has 0 aliphatic heterocycles. The van der Waals surface area contributed by atoms with E-state index in [0.717, 1.165) is 11.4 Å². The number of primary amides is 1. The number of rotatable bonds is 7. The number of nitrogens with zero attached hydrogens (tertiary/aromatic N) is 2. The zero-order chi connectivity index (χ0) is 20.8. The number of anilines is 5. The average Bonchev–Trinajstić information content (AvgIpc) is 2.69. The lowest BCUT2D eigenvalue weighted by Gasteiger charge is -2.25. The van der Waals surface area contributed by atoms with Crippen molar-refractivity contribution in [2.24, 2.45) is 5.73 Å². The van der Waals surface area contributed by atoms with Gasteiger partial charge in [-0.1, -0.05) is 24.3 Å². The molecule has 1 heterocycles. The molecule has 29 heavy (non-hydrogen) atoms. The first-order chi connectivity index (χ1) is 14.0. The summed E-state index contributed by atoms with van der Waals surface area (Å²) in [5.74, 6) is -0.129. The molecule has 0 saturated carbocycles. The second-order valence-corrected chi connectivity index (χ2v) is 6.42. The molecule has 0 radical (unpaired) electrons. The second-order valence-electron chi connectivity index (χ2n) is 6.42. The van der Waals surface area contributed by atoms with Crippen molar-refractivity contribution in [1.29, 1.82) is 0 Å². The third-order valence-corrected chi connectivity index (χ3v) is 4.28. The minimum Gasteiger partial charge on any atom is -0.365 e. The first-order valence-electron chi connectivity index (χ1n) is 9.25. The Bertz CT molecular complexity index is 1020. The Morgan fingerprint density at radius 3 is 2.41 bits per heavy atom. The monoisotopic (exact) mass is 389 g/mol. The third kappa shape index (κ3) is 4.90. The van der Waals surface area contributed by atoms with E-state index in [4.69, 9.17) is 5.73 Å². The number of amides is 2. The number of carbonyl (C=O) groups is 2. The lowest BCUT2D eigenvalue weighted by molar-refractivity contribution is -0.114. The first-order valence-corrected chi connectivity index (χ1v) is 9.25. The molecule has 2 amide bonds. The van der Waals surface area contributed by atoms with E-state index in [0.29, 0.717) is 29.3 Å². The fraction of sp³-hybridized carbons (Fsp3) is 0.136. The molecular formula is C22H23N5O2. The maximum absolute atomic E-state index is 12.0. The number of aromatic nitrogens is 1. The second kappa shape index (κ2) is 8.88. The molecule has 0 saturated heterocycles. The molecule has 148 valence electrons. The zero-order valence-electron chi connectivity index (χ0n) is 16.3. The van der Waals surface area contributed by atoms with Gasteiger partial charge in [-0.3, -0.25) is 9.59 Å². The molecule has 0 spiro atoms. The van der Waals surface area contributed by atoms with Gasteiger partial charge in [0.05, 0.1) is 11.3 Å². The van der Waals surface area contributed by atoms with Gasteiger partial charge >= 0.3 is 0 Å². The number of benzene rings is 2. The lowest BCUT2D eigenvalue weighted by Crippen LogP contribution is -2.22. The largest absolute Gasteiger partial charge is 0.365 e. The molecule has 3 aromatic rings. The van der Waals surface area contributed by atoms with Crippen LogP contribution in [-0.4, -0.2) is 23.3 Å². The summed E-state index contributed by atoms with van der Waals surface area (Å²) in [7, 11) is 0. The molecule has 1 aromatic heterocycles. The van der Waals surface area contributed by atoms with Crippen molar-refractivity contribution < 1.29 is 9.59 Å². The Balaban J connectivity index is 1.97. The van der Waals surface area contributed by atoms with Crippen molar-refractivity contribution >= 4 is 40.4 Å². The molecule has 0 aliphatic carbocycles. The van der Waals surface area contributed by atoms with Crippen molar-refractivity contribution in [3.63, 3.8) is 0 Å². The van der Waals surface area contributed by atoms with E-state index in [1.165, 1.54) is 13.1 Å². The molecule has 0 aliphatic rings. The van der Waals surface area contributed by atoms with Crippen molar-refractivity contribution in [1.82, 2.24) is 4.98 Å². The summed E-state index contributed by atoms with van der Waals surface area (Å²) in [4.78, 5) is 29.6. The van der Waals surface area contributed by atoms with E-state index in [1.54, 1.807) is 18.2 Å². The summed E-state index contributed by atoms with van der Waals surface area (Å²) in [6.45, 7) is 4.10. The molecule has 7 heteroatoms. The van der Waals surface area contributed by atoms with Gasteiger partial charge in [0.25, 0.3) is 5.91 Å². The van der Waals surface area contributed by atoms with Crippen molar-refractivity contribution in [2.45, 2.75) is 13.8 Å². The molecule has 0 unspecified atom stereocenters. The van der Waals surface area contributed by atoms with Gasteiger partial charge in [-0.15, -0.1) is 0 Å². The summed E-state index contributed by atoms with van der Waals surface area (Å²) >= 11 is 0. The fourth-order valence-electron chi connectivity index (χ4n) is 3.05. The number of para-hydroxylation sites is 1. The Kier molecular flexibility index (Phi) is 6.09. The Hall–Kier alpha value is -3.87. The summed E-state index contributed by atoms with van der Waals surface area (Å²) in [6.07, 6.45) is 1.48. The van der Waals surface area contributed by atoms with Gasteiger partial charge in [-0.2, -0.15) is 0 Å². The highest BCUT2D eigenvalue weighted by molar-refractivity contribution is 6.00. The summed E-state index contributed by atoms with van der Waals surface area (Å²) < 4.78 is 0. The van der Waals surface area contributed by atoms with Gasteiger partial charge in [0.2, 0.25) is 5.91 Å². The standard InChI is InChI=1S/C22H23N5O2/c1-3-27(18-10-5-4-6-11-18)20-13-21(24-14-19(20)22(23)29)26-17-9-7-8-16(12-17)25-15(2)28/h4-14H,3H2,1-2H3,(H2,23,29)(H,24,26)(H,25,28). The Labute approximate surface area is 169 Å². The highest BCUT2D eigenvalue weighted by atomic mass is 16.1. The van der Waals surface area contributed by atoms with Crippen LogP contribution < -0.4 is 21.3 Å². The molecular weight excluding hydrogens is 366 g/mol. The van der Waals surface area contributed by atoms with Gasteiger partial charge in [-0.05, 0) is 37.3 Å². The fourth-order valence-corrected chi connectivity index (χ4v) is 3.05. The number of carbonyl (C=O) groups excluding carboxylic acids is 2. The SMILES string of the molecule is CCN(c1ccccc1)c1cc(Nc2cccc(NC(C)=O)c2)ncc1C(N)=O. The van der Waals surface area contributed by atoms with Crippen LogP contribution in [0.15, 0.2) is 66.9 Å². The molecule has 0 atom stereocenters. The highest BCUT2D eigenvalue weighted by Gasteiger charge is 2.17. The van der Waals surface area contributed by atoms with Crippen molar-refractivity contribution in [2.75, 3.05) is 22.1 Å². The van der Waals surface area contributed by atoms with E-state index in [-0.39, 0.29) is 5.91 Å². The lowest BCUT2D eigenvalue weighted by atomic mass is 10.1. The van der Waals surface area contributed by atoms with Gasteiger partial charge in [0, 0.05) is 42.8 Å². The molecule has 4 N–H and O–H groups in total. The van der Waals surface area contributed by atoms with Crippen LogP contribution in [0.1, 0.15) is 24.2 Å². The van der Waals surface area contributed by atoms with Gasteiger partial charge in [0.1, 0.15) is 5.82 Å². The van der Waals surface area contributed by atoms with E-state index in [1.807, 2.05) is 54.3 Å². The predicted molar refractivity (Wildman–Crippen MR) is 116 cm³/mol. The summed E-state index contributed by atoms with van der Waals surface area (Å²) in [6, 6.07) is 18.9. The smallest absolute Gasteiger partial charge is 0.252 e. The number of nitrogens with two attached hydrogens (primary N) is 1. The van der Waals surface area contributed by atoms with Crippen LogP contribution in [0.25, 0.3) is 0 Å². The van der Waals surface area contributed by atoms with Gasteiger partial charge in [0.15, 0.2) is 0 Å². The number of pyridine rings is 1. The predicted octanol–water partition coefficient (Wildman–Crippen LogP) is 4.04. The maximum Gasteiger partial charge on any atom is 0.252 e. The number of nitrogens with one attached hydrogen (secondary N) is 2. The van der Waals surface area contributed by atoms with Crippen LogP contribution in [0.2, 0.25) is 0 Å². The van der Waals surface area contributed by atoms with Crippen LogP contribution in [0.5, 0.6) is 0 Å². The minimum atomic E-state index is -0.541. The molecule has 2 aromatic carbocycles. The van der Waals surface area contributed by atoms with Gasteiger partial charge < -0.3 is 21.3 Å². The van der Waals surface area contributed by atoms with Crippen molar-refractivity contribution in [3.05, 3.63) is 72.4 Å². The quantitative estimate of drug-likeness (QED) is 0.566. The highest BCUT2D eigenvalue weighted by Crippen LogP contribution is 2.31. The zero-order valence-corrected chi connectivity index (χ0v) is 16.3. The Morgan fingerprint density at radius 2 is 1.76 bits per heavy atom. The van der Waals surface area contributed by atoms with Crippen LogP contribution in [-0.2, 0) is 4.79 Å². The topological polar surface area (TPSA) is 100 Å². The van der Waals surface area contributed by atoms with Crippen LogP contribution >= 0.6 is 0 Å². The third-order valence-electron chi connectivity index (χ3n) is 4.28. The van der Waals surface area contributed by atoms with E-state index in [9.17, 15) is 9.59 Å². The summed E-state index contributed by atoms with van der Waals surface area (Å²) in [5, 5.41) is 5.96. The first kappa shape index (κ1) is 19.9. The van der Waals surface area contributed by atoms with Gasteiger partial charge in [-0.25, -0.2) is 4.98 Å². The maximum atomic E-state index is 12.0. The van der Waals surface area contributed by atoms with E-state index >= 15 is 0 Å². The summed E-state index contributed by atoms with van der Waals surface area (Å²) in [5.41, 5.74) is 8.97. The van der Waals surface area contributed by atoms with Crippen LogP contribution in [0, 0.1) is 0 Å². The Morgan fingerprint density at radius 1 is 1.03 bits per heavy atom. The van der Waals surface area contributed by atoms with Crippen LogP contribution in [0.4, 0.5) is 28.6 Å². The molecule has 3 rings (SSSR count). The van der Waals surface area contributed by atoms with Crippen molar-refractivity contribution in [3.8, 4) is 0 Å². The van der Waals surface area contributed by atoms with E-state index in [2.05, 4.69) is 15.6 Å². The average molecular weight is 389 g/mol. The molecule has 7 nitrogen and oxygen atoms in total. The minimum absolute atomic E-state index is 0.144. The molecule has 0 fully saturated rings. The van der Waals surface area contributed by atoms with Crippen LogP contribution in [0.3, 0.4) is 0 Å².